The summed E-state index contributed by atoms with van der Waals surface area (Å²) in [4.78, 5) is 24.8. The maximum Gasteiger partial charge on any atom is 0.342 e. The number of nitrogens with zero attached hydrogens (tertiary/aromatic N) is 1. The smallest absolute Gasteiger partial charge is 0.342 e. The van der Waals surface area contributed by atoms with Crippen LogP contribution in [-0.2, 0) is 4.74 Å². The molecule has 0 radical (unpaired) electrons. The molecule has 2 amide bonds. The van der Waals surface area contributed by atoms with Crippen molar-refractivity contribution in [3.8, 4) is 5.75 Å². The van der Waals surface area contributed by atoms with Gasteiger partial charge < -0.3 is 25.4 Å². The Labute approximate surface area is 116 Å². The summed E-state index contributed by atoms with van der Waals surface area (Å²) in [7, 11) is 1.47. The largest absolute Gasteiger partial charge is 0.496 e. The first-order valence-corrected chi connectivity index (χ1v) is 6.25. The molecule has 0 aliphatic carbocycles. The average molecular weight is 279 g/mol. The molecule has 1 fully saturated rings. The molecule has 0 bridgehead atoms. The zero-order valence-electron chi connectivity index (χ0n) is 11.2. The van der Waals surface area contributed by atoms with E-state index in [1.54, 1.807) is 17.0 Å². The first-order valence-electron chi connectivity index (χ1n) is 6.25. The third-order valence-corrected chi connectivity index (χ3v) is 2.98. The second kappa shape index (κ2) is 6.14. The van der Waals surface area contributed by atoms with E-state index >= 15 is 0 Å². The van der Waals surface area contributed by atoms with Gasteiger partial charge in [-0.2, -0.15) is 0 Å². The SMILES string of the molecule is COc1ccc(N)cc1C(=O)OCCN1CCNC1=O. The van der Waals surface area contributed by atoms with Crippen LogP contribution in [0, 0.1) is 0 Å². The molecule has 1 aromatic rings. The minimum Gasteiger partial charge on any atom is -0.496 e. The minimum atomic E-state index is -0.520. The highest BCUT2D eigenvalue weighted by atomic mass is 16.5. The van der Waals surface area contributed by atoms with Gasteiger partial charge in [0.15, 0.2) is 0 Å². The van der Waals surface area contributed by atoms with Gasteiger partial charge >= 0.3 is 12.0 Å². The number of urea groups is 1. The fourth-order valence-electron chi connectivity index (χ4n) is 1.94. The van der Waals surface area contributed by atoms with Crippen molar-refractivity contribution in [2.45, 2.75) is 0 Å². The maximum atomic E-state index is 12.0. The predicted octanol–water partition coefficient (Wildman–Crippen LogP) is 0.459. The molecule has 7 heteroatoms. The second-order valence-corrected chi connectivity index (χ2v) is 4.31. The van der Waals surface area contributed by atoms with E-state index in [1.807, 2.05) is 0 Å². The fourth-order valence-corrected chi connectivity index (χ4v) is 1.94. The number of nitrogens with one attached hydrogen (secondary N) is 1. The van der Waals surface area contributed by atoms with E-state index in [1.165, 1.54) is 13.2 Å². The molecule has 3 N–H and O–H groups in total. The molecule has 1 aliphatic rings. The summed E-state index contributed by atoms with van der Waals surface area (Å²) in [6.07, 6.45) is 0. The van der Waals surface area contributed by atoms with Crippen LogP contribution in [0.15, 0.2) is 18.2 Å². The number of amides is 2. The monoisotopic (exact) mass is 279 g/mol. The van der Waals surface area contributed by atoms with Gasteiger partial charge in [-0.05, 0) is 18.2 Å². The normalized spacial score (nSPS) is 14.1. The topological polar surface area (TPSA) is 93.9 Å². The van der Waals surface area contributed by atoms with E-state index in [0.717, 1.165) is 0 Å². The van der Waals surface area contributed by atoms with Gasteiger partial charge in [0.05, 0.1) is 13.7 Å². The third kappa shape index (κ3) is 3.11. The molecule has 20 heavy (non-hydrogen) atoms. The second-order valence-electron chi connectivity index (χ2n) is 4.31. The Morgan fingerprint density at radius 1 is 1.50 bits per heavy atom. The van der Waals surface area contributed by atoms with Gasteiger partial charge in [0, 0.05) is 18.8 Å². The van der Waals surface area contributed by atoms with E-state index in [4.69, 9.17) is 15.2 Å². The Morgan fingerprint density at radius 3 is 2.95 bits per heavy atom. The molecule has 2 rings (SSSR count). The van der Waals surface area contributed by atoms with Crippen LogP contribution in [0.4, 0.5) is 10.5 Å². The van der Waals surface area contributed by atoms with Crippen LogP contribution in [-0.4, -0.2) is 50.3 Å². The number of ether oxygens (including phenoxy) is 2. The summed E-state index contributed by atoms with van der Waals surface area (Å²) in [5.41, 5.74) is 6.37. The number of methoxy groups -OCH3 is 1. The summed E-state index contributed by atoms with van der Waals surface area (Å²) in [6, 6.07) is 4.62. The van der Waals surface area contributed by atoms with Gasteiger partial charge in [0.2, 0.25) is 0 Å². The van der Waals surface area contributed by atoms with Gasteiger partial charge in [-0.15, -0.1) is 0 Å². The molecule has 108 valence electrons. The lowest BCUT2D eigenvalue weighted by Gasteiger charge is -2.14. The van der Waals surface area contributed by atoms with Crippen LogP contribution >= 0.6 is 0 Å². The number of nitrogen functional groups attached to an aromatic ring is 1. The standard InChI is InChI=1S/C13H17N3O4/c1-19-11-3-2-9(14)8-10(11)12(17)20-7-6-16-5-4-15-13(16)18/h2-3,8H,4-7,14H2,1H3,(H,15,18). The molecule has 7 nitrogen and oxygen atoms in total. The van der Waals surface area contributed by atoms with Crippen LogP contribution in [0.3, 0.4) is 0 Å². The molecular formula is C13H17N3O4. The van der Waals surface area contributed by atoms with Crippen molar-refractivity contribution in [1.29, 1.82) is 0 Å². The molecule has 1 saturated heterocycles. The van der Waals surface area contributed by atoms with Crippen molar-refractivity contribution in [1.82, 2.24) is 10.2 Å². The number of rotatable bonds is 5. The van der Waals surface area contributed by atoms with E-state index in [9.17, 15) is 9.59 Å². The lowest BCUT2D eigenvalue weighted by molar-refractivity contribution is 0.0478. The number of carbonyl (C=O) groups is 2. The van der Waals surface area contributed by atoms with Gasteiger partial charge in [-0.1, -0.05) is 0 Å². The number of benzene rings is 1. The summed E-state index contributed by atoms with van der Waals surface area (Å²) in [5, 5.41) is 2.68. The summed E-state index contributed by atoms with van der Waals surface area (Å²) in [6.45, 7) is 1.74. The summed E-state index contributed by atoms with van der Waals surface area (Å²) in [5.74, 6) is -0.114. The molecular weight excluding hydrogens is 262 g/mol. The summed E-state index contributed by atoms with van der Waals surface area (Å²) < 4.78 is 10.2. The molecule has 0 saturated carbocycles. The lowest BCUT2D eigenvalue weighted by atomic mass is 10.2. The van der Waals surface area contributed by atoms with Crippen molar-refractivity contribution in [2.75, 3.05) is 39.1 Å². The Balaban J connectivity index is 1.91. The summed E-state index contributed by atoms with van der Waals surface area (Å²) >= 11 is 0. The van der Waals surface area contributed by atoms with E-state index < -0.39 is 5.97 Å². The maximum absolute atomic E-state index is 12.0. The Hall–Kier alpha value is -2.44. The van der Waals surface area contributed by atoms with Gasteiger partial charge in [-0.3, -0.25) is 0 Å². The van der Waals surface area contributed by atoms with Crippen molar-refractivity contribution in [3.63, 3.8) is 0 Å². The molecule has 1 aliphatic heterocycles. The highest BCUT2D eigenvalue weighted by Gasteiger charge is 2.20. The van der Waals surface area contributed by atoms with Crippen molar-refractivity contribution in [3.05, 3.63) is 23.8 Å². The van der Waals surface area contributed by atoms with Crippen molar-refractivity contribution in [2.24, 2.45) is 0 Å². The number of hydrogen-bond acceptors (Lipinski definition) is 5. The average Bonchev–Trinajstić information content (AvgIpc) is 2.84. The molecule has 0 spiro atoms. The van der Waals surface area contributed by atoms with Crippen LogP contribution < -0.4 is 15.8 Å². The highest BCUT2D eigenvalue weighted by Crippen LogP contribution is 2.21. The number of carbonyl (C=O) groups excluding carboxylic acids is 2. The van der Waals surface area contributed by atoms with Crippen LogP contribution in [0.1, 0.15) is 10.4 Å². The molecule has 1 aromatic carbocycles. The first kappa shape index (κ1) is 14.0. The molecule has 0 unspecified atom stereocenters. The van der Waals surface area contributed by atoms with Crippen LogP contribution in [0.5, 0.6) is 5.75 Å². The van der Waals surface area contributed by atoms with E-state index in [-0.39, 0.29) is 18.2 Å². The molecule has 1 heterocycles. The van der Waals surface area contributed by atoms with E-state index in [2.05, 4.69) is 5.32 Å². The van der Waals surface area contributed by atoms with Gasteiger partial charge in [-0.25, -0.2) is 9.59 Å². The van der Waals surface area contributed by atoms with Gasteiger partial charge in [0.25, 0.3) is 0 Å². The van der Waals surface area contributed by atoms with Crippen molar-refractivity contribution < 1.29 is 19.1 Å². The number of hydrogen-bond donors (Lipinski definition) is 2. The quantitative estimate of drug-likeness (QED) is 0.603. The zero-order chi connectivity index (χ0) is 14.5. The Kier molecular flexibility index (Phi) is 4.29. The number of nitrogens with two attached hydrogens (primary N) is 1. The lowest BCUT2D eigenvalue weighted by Crippen LogP contribution is -2.31. The van der Waals surface area contributed by atoms with Crippen molar-refractivity contribution >= 4 is 17.7 Å². The van der Waals surface area contributed by atoms with Crippen LogP contribution in [0.2, 0.25) is 0 Å². The predicted molar refractivity (Wildman–Crippen MR) is 72.7 cm³/mol. The minimum absolute atomic E-state index is 0.129. The molecule has 0 atom stereocenters. The Morgan fingerprint density at radius 2 is 2.30 bits per heavy atom. The first-order chi connectivity index (χ1) is 9.61. The zero-order valence-corrected chi connectivity index (χ0v) is 11.2. The Bertz CT molecular complexity index is 518. The van der Waals surface area contributed by atoms with Crippen LogP contribution in [0.25, 0.3) is 0 Å². The number of anilines is 1. The van der Waals surface area contributed by atoms with E-state index in [0.29, 0.717) is 31.1 Å². The number of esters is 1. The third-order valence-electron chi connectivity index (χ3n) is 2.98. The highest BCUT2D eigenvalue weighted by molar-refractivity contribution is 5.93. The fraction of sp³-hybridized carbons (Fsp3) is 0.385. The molecule has 0 aromatic heterocycles. The van der Waals surface area contributed by atoms with Gasteiger partial charge in [0.1, 0.15) is 17.9 Å².